The fourth-order valence-electron chi connectivity index (χ4n) is 1.01. The Morgan fingerprint density at radius 3 is 2.67 bits per heavy atom. The van der Waals surface area contributed by atoms with Crippen molar-refractivity contribution in [1.82, 2.24) is 4.90 Å². The first-order chi connectivity index (χ1) is 7.11. The maximum atomic E-state index is 9.24. The summed E-state index contributed by atoms with van der Waals surface area (Å²) in [6.07, 6.45) is 2.63. The van der Waals surface area contributed by atoms with Gasteiger partial charge in [0.05, 0.1) is 12.4 Å². The Kier molecular flexibility index (Phi) is 8.22. The lowest BCUT2D eigenvalue weighted by molar-refractivity contribution is -0.135. The van der Waals surface area contributed by atoms with Crippen LogP contribution in [-0.4, -0.2) is 34.9 Å². The van der Waals surface area contributed by atoms with Crippen LogP contribution in [0.15, 0.2) is 11.1 Å². The molecule has 1 heterocycles. The molecule has 15 heavy (non-hydrogen) atoms. The summed E-state index contributed by atoms with van der Waals surface area (Å²) in [7, 11) is 0. The summed E-state index contributed by atoms with van der Waals surface area (Å²) in [5.74, 6) is 0.205. The number of allylic oxidation sites excluding steroid dienone is 1. The van der Waals surface area contributed by atoms with Crippen molar-refractivity contribution in [1.29, 1.82) is 0 Å². The summed E-state index contributed by atoms with van der Waals surface area (Å²) in [6.45, 7) is 5.39. The lowest BCUT2D eigenvalue weighted by Gasteiger charge is -2.17. The van der Waals surface area contributed by atoms with E-state index in [9.17, 15) is 4.79 Å². The molecule has 0 radical (unpaired) electrons. The number of carbonyl (C=O) groups is 1. The largest absolute Gasteiger partial charge is 0.480 e. The van der Waals surface area contributed by atoms with Gasteiger partial charge in [0.15, 0.2) is 0 Å². The third-order valence-electron chi connectivity index (χ3n) is 1.94. The van der Waals surface area contributed by atoms with Crippen molar-refractivity contribution in [2.45, 2.75) is 26.7 Å². The average molecular weight is 232 g/mol. The Morgan fingerprint density at radius 2 is 2.33 bits per heavy atom. The zero-order valence-electron chi connectivity index (χ0n) is 9.40. The van der Waals surface area contributed by atoms with E-state index in [0.717, 1.165) is 0 Å². The Hall–Kier alpha value is -0.680. The minimum Gasteiger partial charge on any atom is -0.480 e. The number of hydrogen-bond donors (Lipinski definition) is 2. The minimum atomic E-state index is -0.968. The van der Waals surface area contributed by atoms with Gasteiger partial charge < -0.3 is 15.7 Å². The van der Waals surface area contributed by atoms with Crippen LogP contribution in [0.4, 0.5) is 0 Å². The van der Waals surface area contributed by atoms with Crippen LogP contribution < -0.4 is 5.73 Å². The van der Waals surface area contributed by atoms with E-state index in [0.29, 0.717) is 0 Å². The number of nitrogens with two attached hydrogens (primary N) is 1. The molecule has 0 saturated carbocycles. The van der Waals surface area contributed by atoms with E-state index in [4.69, 9.17) is 5.11 Å². The summed E-state index contributed by atoms with van der Waals surface area (Å²) < 4.78 is 0. The zero-order valence-corrected chi connectivity index (χ0v) is 10.2. The van der Waals surface area contributed by atoms with Crippen molar-refractivity contribution in [2.24, 2.45) is 5.73 Å². The molecule has 0 saturated heterocycles. The van der Waals surface area contributed by atoms with Gasteiger partial charge in [-0.15, -0.1) is 11.8 Å². The maximum Gasteiger partial charge on any atom is 0.317 e. The fraction of sp³-hybridized carbons (Fsp3) is 0.700. The molecule has 88 valence electrons. The number of unbranched alkanes of at least 4 members (excludes halogenated alkanes) is 1. The first kappa shape index (κ1) is 14.3. The van der Waals surface area contributed by atoms with Crippen molar-refractivity contribution >= 4 is 17.7 Å². The Balaban J connectivity index is 0.000000336. The van der Waals surface area contributed by atoms with Crippen molar-refractivity contribution in [2.75, 3.05) is 19.0 Å². The fourth-order valence-corrected chi connectivity index (χ4v) is 1.99. The molecular weight excluding hydrogens is 212 g/mol. The van der Waals surface area contributed by atoms with Gasteiger partial charge in [-0.2, -0.15) is 0 Å². The second-order valence-electron chi connectivity index (χ2n) is 3.27. The van der Waals surface area contributed by atoms with Crippen LogP contribution in [0.25, 0.3) is 0 Å². The molecule has 0 spiro atoms. The van der Waals surface area contributed by atoms with Crippen molar-refractivity contribution in [3.63, 3.8) is 0 Å². The van der Waals surface area contributed by atoms with Crippen LogP contribution in [0.1, 0.15) is 26.7 Å². The number of hydrogen-bond acceptors (Lipinski definition) is 4. The summed E-state index contributed by atoms with van der Waals surface area (Å²) >= 11 is 1.90. The molecule has 0 bridgehead atoms. The highest BCUT2D eigenvalue weighted by Crippen LogP contribution is 2.22. The molecule has 0 aromatic carbocycles. The van der Waals surface area contributed by atoms with Crippen LogP contribution in [0.3, 0.4) is 0 Å². The molecular formula is C10H20N2O2S. The van der Waals surface area contributed by atoms with Gasteiger partial charge in [0.1, 0.15) is 0 Å². The Morgan fingerprint density at radius 1 is 1.73 bits per heavy atom. The lowest BCUT2D eigenvalue weighted by Crippen LogP contribution is -2.18. The van der Waals surface area contributed by atoms with Crippen molar-refractivity contribution in [3.05, 3.63) is 11.1 Å². The predicted molar refractivity (Wildman–Crippen MR) is 64.5 cm³/mol. The summed E-state index contributed by atoms with van der Waals surface area (Å²) in [4.78, 5) is 11.7. The van der Waals surface area contributed by atoms with E-state index in [-0.39, 0.29) is 6.54 Å². The molecule has 1 rings (SSSR count). The van der Waals surface area contributed by atoms with Gasteiger partial charge in [0.2, 0.25) is 0 Å². The number of nitrogens with zero attached hydrogens (tertiary/aromatic N) is 1. The van der Waals surface area contributed by atoms with Crippen LogP contribution in [-0.2, 0) is 4.79 Å². The highest BCUT2D eigenvalue weighted by molar-refractivity contribution is 8.02. The standard InChI is InChI=1S/C8H15NS.C2H5NO2/c1-3-4-5-9-7-10-6-8(9)2;3-1-2(4)5/h6H,3-5,7H2,1-2H3;1,3H2,(H,4,5). The van der Waals surface area contributed by atoms with Crippen LogP contribution >= 0.6 is 11.8 Å². The number of aliphatic carboxylic acids is 1. The lowest BCUT2D eigenvalue weighted by atomic mass is 10.3. The number of thioether (sulfide) groups is 1. The van der Waals surface area contributed by atoms with Gasteiger partial charge in [0.25, 0.3) is 0 Å². The van der Waals surface area contributed by atoms with Gasteiger partial charge >= 0.3 is 5.97 Å². The second-order valence-corrected chi connectivity index (χ2v) is 4.10. The van der Waals surface area contributed by atoms with Gasteiger partial charge in [-0.25, -0.2) is 0 Å². The smallest absolute Gasteiger partial charge is 0.317 e. The molecule has 3 N–H and O–H groups in total. The van der Waals surface area contributed by atoms with E-state index in [1.807, 2.05) is 11.8 Å². The zero-order chi connectivity index (χ0) is 11.7. The molecule has 0 amide bonds. The number of carboxylic acid groups (broad SMARTS) is 1. The van der Waals surface area contributed by atoms with Gasteiger partial charge in [-0.3, -0.25) is 4.79 Å². The van der Waals surface area contributed by atoms with Gasteiger partial charge in [-0.1, -0.05) is 13.3 Å². The van der Waals surface area contributed by atoms with Crippen LogP contribution in [0, 0.1) is 0 Å². The summed E-state index contributed by atoms with van der Waals surface area (Å²) in [5, 5.41) is 9.84. The SMILES string of the molecule is CCCCN1CSC=C1C.NCC(=O)O. The van der Waals surface area contributed by atoms with E-state index in [2.05, 4.69) is 29.9 Å². The van der Waals surface area contributed by atoms with E-state index >= 15 is 0 Å². The van der Waals surface area contributed by atoms with E-state index in [1.165, 1.54) is 31.0 Å². The second kappa shape index (κ2) is 8.61. The molecule has 0 aromatic heterocycles. The van der Waals surface area contributed by atoms with Gasteiger partial charge in [0, 0.05) is 12.2 Å². The number of carboxylic acids is 1. The predicted octanol–water partition coefficient (Wildman–Crippen LogP) is 1.68. The molecule has 0 aliphatic carbocycles. The number of rotatable bonds is 4. The van der Waals surface area contributed by atoms with E-state index < -0.39 is 5.97 Å². The molecule has 0 atom stereocenters. The molecule has 5 heteroatoms. The summed E-state index contributed by atoms with van der Waals surface area (Å²) in [5.41, 5.74) is 6.01. The third kappa shape index (κ3) is 7.27. The Bertz CT molecular complexity index is 219. The Labute approximate surface area is 95.5 Å². The molecule has 0 aromatic rings. The quantitative estimate of drug-likeness (QED) is 0.772. The normalized spacial score (nSPS) is 14.3. The minimum absolute atomic E-state index is 0.278. The van der Waals surface area contributed by atoms with Gasteiger partial charge in [-0.05, 0) is 18.8 Å². The first-order valence-electron chi connectivity index (χ1n) is 5.07. The van der Waals surface area contributed by atoms with Crippen LogP contribution in [0.2, 0.25) is 0 Å². The monoisotopic (exact) mass is 232 g/mol. The molecule has 1 aliphatic rings. The first-order valence-corrected chi connectivity index (χ1v) is 6.11. The van der Waals surface area contributed by atoms with E-state index in [1.54, 1.807) is 0 Å². The maximum absolute atomic E-state index is 9.24. The molecule has 0 unspecified atom stereocenters. The van der Waals surface area contributed by atoms with Crippen LogP contribution in [0.5, 0.6) is 0 Å². The molecule has 4 nitrogen and oxygen atoms in total. The third-order valence-corrected chi connectivity index (χ3v) is 2.91. The topological polar surface area (TPSA) is 66.6 Å². The van der Waals surface area contributed by atoms with Crippen molar-refractivity contribution < 1.29 is 9.90 Å². The van der Waals surface area contributed by atoms with Crippen molar-refractivity contribution in [3.8, 4) is 0 Å². The summed E-state index contributed by atoms with van der Waals surface area (Å²) in [6, 6.07) is 0. The highest BCUT2D eigenvalue weighted by atomic mass is 32.2. The highest BCUT2D eigenvalue weighted by Gasteiger charge is 2.09. The molecule has 1 aliphatic heterocycles. The average Bonchev–Trinajstić information content (AvgIpc) is 2.62. The molecule has 0 fully saturated rings.